The summed E-state index contributed by atoms with van der Waals surface area (Å²) >= 11 is 0. The van der Waals surface area contributed by atoms with E-state index in [1.807, 2.05) is 0 Å². The Hall–Kier alpha value is -1.15. The Morgan fingerprint density at radius 3 is 2.77 bits per heavy atom. The van der Waals surface area contributed by atoms with Gasteiger partial charge in [0.2, 0.25) is 15.9 Å². The van der Waals surface area contributed by atoms with E-state index >= 15 is 0 Å². The standard InChI is InChI=1S/C14H21N3O3S.ClH/c1-11(18)17-9-2-4-12-5-6-13(10-14(12)17)21(19,20)16-8-3-7-15;/h5-6,10,16H,2-4,7-9,15H2,1H3;1H. The molecule has 22 heavy (non-hydrogen) atoms. The van der Waals surface area contributed by atoms with Gasteiger partial charge in [-0.2, -0.15) is 0 Å². The number of carbonyl (C=O) groups is 1. The number of hydrogen-bond donors (Lipinski definition) is 2. The van der Waals surface area contributed by atoms with Crippen molar-refractivity contribution in [1.82, 2.24) is 4.72 Å². The molecule has 6 nitrogen and oxygen atoms in total. The van der Waals surface area contributed by atoms with Crippen LogP contribution in [0, 0.1) is 0 Å². The molecule has 1 aliphatic heterocycles. The number of benzene rings is 1. The highest BCUT2D eigenvalue weighted by Gasteiger charge is 2.23. The monoisotopic (exact) mass is 347 g/mol. The maximum absolute atomic E-state index is 12.2. The van der Waals surface area contributed by atoms with Gasteiger partial charge < -0.3 is 10.6 Å². The minimum absolute atomic E-state index is 0. The summed E-state index contributed by atoms with van der Waals surface area (Å²) in [6.45, 7) is 2.87. The predicted molar refractivity (Wildman–Crippen MR) is 88.9 cm³/mol. The zero-order valence-electron chi connectivity index (χ0n) is 12.5. The normalized spacial score (nSPS) is 14.2. The Morgan fingerprint density at radius 2 is 2.14 bits per heavy atom. The average Bonchev–Trinajstić information content (AvgIpc) is 2.46. The van der Waals surface area contributed by atoms with Crippen LogP contribution in [0.2, 0.25) is 0 Å². The van der Waals surface area contributed by atoms with Crippen molar-refractivity contribution >= 4 is 34.0 Å². The van der Waals surface area contributed by atoms with Crippen LogP contribution in [0.3, 0.4) is 0 Å². The minimum Gasteiger partial charge on any atom is -0.330 e. The van der Waals surface area contributed by atoms with Crippen LogP contribution < -0.4 is 15.4 Å². The highest BCUT2D eigenvalue weighted by Crippen LogP contribution is 2.29. The molecular formula is C14H22ClN3O3S. The van der Waals surface area contributed by atoms with Gasteiger partial charge in [0.15, 0.2) is 0 Å². The molecule has 124 valence electrons. The van der Waals surface area contributed by atoms with Gasteiger partial charge in [0.05, 0.1) is 4.90 Å². The van der Waals surface area contributed by atoms with E-state index in [9.17, 15) is 13.2 Å². The fourth-order valence-electron chi connectivity index (χ4n) is 2.44. The summed E-state index contributed by atoms with van der Waals surface area (Å²) in [5, 5.41) is 0. The van der Waals surface area contributed by atoms with Crippen LogP contribution in [-0.2, 0) is 21.2 Å². The SMILES string of the molecule is CC(=O)N1CCCc2ccc(S(=O)(=O)NCCCN)cc21.Cl. The van der Waals surface area contributed by atoms with Crippen molar-refractivity contribution < 1.29 is 13.2 Å². The zero-order valence-corrected chi connectivity index (χ0v) is 14.2. The maximum Gasteiger partial charge on any atom is 0.240 e. The number of anilines is 1. The first-order valence-corrected chi connectivity index (χ1v) is 8.55. The van der Waals surface area contributed by atoms with Gasteiger partial charge in [0, 0.05) is 25.7 Å². The summed E-state index contributed by atoms with van der Waals surface area (Å²) in [6, 6.07) is 4.97. The Kier molecular flexibility index (Phi) is 6.80. The summed E-state index contributed by atoms with van der Waals surface area (Å²) < 4.78 is 26.9. The van der Waals surface area contributed by atoms with E-state index < -0.39 is 10.0 Å². The first-order valence-electron chi connectivity index (χ1n) is 7.06. The molecule has 0 fully saturated rings. The van der Waals surface area contributed by atoms with E-state index in [4.69, 9.17) is 5.73 Å². The molecular weight excluding hydrogens is 326 g/mol. The Balaban J connectivity index is 0.00000242. The van der Waals surface area contributed by atoms with Crippen molar-refractivity contribution in [3.8, 4) is 0 Å². The summed E-state index contributed by atoms with van der Waals surface area (Å²) in [5.41, 5.74) is 7.08. The Labute approximate surface area is 137 Å². The average molecular weight is 348 g/mol. The molecule has 0 atom stereocenters. The number of nitrogens with one attached hydrogen (secondary N) is 1. The van der Waals surface area contributed by atoms with Crippen molar-refractivity contribution in [2.45, 2.75) is 31.1 Å². The lowest BCUT2D eigenvalue weighted by Gasteiger charge is -2.29. The maximum atomic E-state index is 12.2. The van der Waals surface area contributed by atoms with E-state index in [1.54, 1.807) is 23.1 Å². The molecule has 3 N–H and O–H groups in total. The molecule has 1 amide bonds. The van der Waals surface area contributed by atoms with E-state index in [0.717, 1.165) is 18.4 Å². The van der Waals surface area contributed by atoms with E-state index in [0.29, 0.717) is 31.7 Å². The number of sulfonamides is 1. The topological polar surface area (TPSA) is 92.5 Å². The van der Waals surface area contributed by atoms with Crippen molar-refractivity contribution in [3.05, 3.63) is 23.8 Å². The lowest BCUT2D eigenvalue weighted by atomic mass is 10.0. The molecule has 0 saturated heterocycles. The summed E-state index contributed by atoms with van der Waals surface area (Å²) in [6.07, 6.45) is 2.34. The van der Waals surface area contributed by atoms with Crippen LogP contribution in [0.5, 0.6) is 0 Å². The van der Waals surface area contributed by atoms with E-state index in [1.165, 1.54) is 6.92 Å². The predicted octanol–water partition coefficient (Wildman–Crippen LogP) is 1.03. The molecule has 0 spiro atoms. The van der Waals surface area contributed by atoms with E-state index in [-0.39, 0.29) is 23.2 Å². The van der Waals surface area contributed by atoms with Gasteiger partial charge in [-0.15, -0.1) is 12.4 Å². The highest BCUT2D eigenvalue weighted by atomic mass is 35.5. The smallest absolute Gasteiger partial charge is 0.240 e. The first-order chi connectivity index (χ1) is 9.95. The third-order valence-electron chi connectivity index (χ3n) is 3.54. The molecule has 1 heterocycles. The fourth-order valence-corrected chi connectivity index (χ4v) is 3.53. The van der Waals surface area contributed by atoms with Gasteiger partial charge >= 0.3 is 0 Å². The number of rotatable bonds is 5. The number of amides is 1. The van der Waals surface area contributed by atoms with Gasteiger partial charge in [0.1, 0.15) is 0 Å². The lowest BCUT2D eigenvalue weighted by Crippen LogP contribution is -2.34. The van der Waals surface area contributed by atoms with Gasteiger partial charge in [-0.1, -0.05) is 6.07 Å². The summed E-state index contributed by atoms with van der Waals surface area (Å²) in [5.74, 6) is -0.0680. The molecule has 0 aromatic heterocycles. The van der Waals surface area contributed by atoms with E-state index in [2.05, 4.69) is 4.72 Å². The number of fused-ring (bicyclic) bond motifs is 1. The summed E-state index contributed by atoms with van der Waals surface area (Å²) in [4.78, 5) is 13.5. The zero-order chi connectivity index (χ0) is 15.5. The van der Waals surface area contributed by atoms with Crippen LogP contribution in [0.4, 0.5) is 5.69 Å². The first kappa shape index (κ1) is 18.9. The molecule has 2 rings (SSSR count). The van der Waals surface area contributed by atoms with Crippen LogP contribution in [0.25, 0.3) is 0 Å². The molecule has 0 bridgehead atoms. The Morgan fingerprint density at radius 1 is 1.41 bits per heavy atom. The molecule has 1 aromatic carbocycles. The van der Waals surface area contributed by atoms with Crippen molar-refractivity contribution in [2.24, 2.45) is 5.73 Å². The summed E-state index contributed by atoms with van der Waals surface area (Å²) in [7, 11) is -3.56. The quantitative estimate of drug-likeness (QED) is 0.778. The van der Waals surface area contributed by atoms with Crippen molar-refractivity contribution in [2.75, 3.05) is 24.5 Å². The highest BCUT2D eigenvalue weighted by molar-refractivity contribution is 7.89. The second-order valence-electron chi connectivity index (χ2n) is 5.10. The number of nitrogens with zero attached hydrogens (tertiary/aromatic N) is 1. The molecule has 1 aromatic rings. The minimum atomic E-state index is -3.56. The number of carbonyl (C=O) groups excluding carboxylic acids is 1. The molecule has 1 aliphatic rings. The lowest BCUT2D eigenvalue weighted by molar-refractivity contribution is -0.116. The number of aryl methyl sites for hydroxylation is 1. The van der Waals surface area contributed by atoms with Crippen molar-refractivity contribution in [1.29, 1.82) is 0 Å². The molecule has 0 unspecified atom stereocenters. The van der Waals surface area contributed by atoms with Crippen LogP contribution in [-0.4, -0.2) is 34.0 Å². The van der Waals surface area contributed by atoms with Crippen molar-refractivity contribution in [3.63, 3.8) is 0 Å². The number of halogens is 1. The van der Waals surface area contributed by atoms with Crippen LogP contribution in [0.15, 0.2) is 23.1 Å². The van der Waals surface area contributed by atoms with Gasteiger partial charge in [-0.3, -0.25) is 4.79 Å². The number of nitrogens with two attached hydrogens (primary N) is 1. The van der Waals surface area contributed by atoms with Gasteiger partial charge in [-0.25, -0.2) is 13.1 Å². The third-order valence-corrected chi connectivity index (χ3v) is 5.00. The fraction of sp³-hybridized carbons (Fsp3) is 0.500. The third kappa shape index (κ3) is 4.19. The molecule has 8 heteroatoms. The Bertz CT molecular complexity index is 634. The molecule has 0 radical (unpaired) electrons. The second-order valence-corrected chi connectivity index (χ2v) is 6.87. The second kappa shape index (κ2) is 7.92. The molecule has 0 aliphatic carbocycles. The largest absolute Gasteiger partial charge is 0.330 e. The van der Waals surface area contributed by atoms with Crippen LogP contribution in [0.1, 0.15) is 25.3 Å². The van der Waals surface area contributed by atoms with Gasteiger partial charge in [0.25, 0.3) is 0 Å². The molecule has 0 saturated carbocycles. The number of hydrogen-bond acceptors (Lipinski definition) is 4. The van der Waals surface area contributed by atoms with Crippen LogP contribution >= 0.6 is 12.4 Å². The van der Waals surface area contributed by atoms with Gasteiger partial charge in [-0.05, 0) is 43.5 Å².